The molecule has 0 radical (unpaired) electrons. The zero-order valence-corrected chi connectivity index (χ0v) is 13.1. The second-order valence-electron chi connectivity index (χ2n) is 5.72. The van der Waals surface area contributed by atoms with Crippen LogP contribution < -0.4 is 21.1 Å². The van der Waals surface area contributed by atoms with Crippen molar-refractivity contribution in [1.29, 1.82) is 0 Å². The van der Waals surface area contributed by atoms with Gasteiger partial charge >= 0.3 is 0 Å². The summed E-state index contributed by atoms with van der Waals surface area (Å²) < 4.78 is 0. The molecule has 24 heavy (non-hydrogen) atoms. The number of nitrogens with zero attached hydrogens (tertiary/aromatic N) is 3. The predicted molar refractivity (Wildman–Crippen MR) is 95.0 cm³/mol. The van der Waals surface area contributed by atoms with Gasteiger partial charge in [-0.1, -0.05) is 0 Å². The lowest BCUT2D eigenvalue weighted by molar-refractivity contribution is 0.589. The molecule has 3 N–H and O–H groups in total. The van der Waals surface area contributed by atoms with E-state index in [1.54, 1.807) is 18.6 Å². The van der Waals surface area contributed by atoms with E-state index in [0.717, 1.165) is 43.1 Å². The summed E-state index contributed by atoms with van der Waals surface area (Å²) in [6.45, 7) is 3.96. The van der Waals surface area contributed by atoms with Crippen LogP contribution in [0.5, 0.6) is 0 Å². The molecular formula is C17H18N6O. The van der Waals surface area contributed by atoms with Gasteiger partial charge in [0.2, 0.25) is 0 Å². The van der Waals surface area contributed by atoms with Crippen molar-refractivity contribution in [3.63, 3.8) is 0 Å². The average Bonchev–Trinajstić information content (AvgIpc) is 2.63. The van der Waals surface area contributed by atoms with Crippen LogP contribution in [0, 0.1) is 0 Å². The summed E-state index contributed by atoms with van der Waals surface area (Å²) in [5, 5.41) is 7.98. The number of hydrogen-bond donors (Lipinski definition) is 3. The molecule has 1 saturated heterocycles. The Morgan fingerprint density at radius 1 is 1.08 bits per heavy atom. The van der Waals surface area contributed by atoms with Crippen molar-refractivity contribution in [3.05, 3.63) is 53.2 Å². The average molecular weight is 322 g/mol. The summed E-state index contributed by atoms with van der Waals surface area (Å²) in [4.78, 5) is 25.4. The molecule has 4 rings (SSSR count). The third kappa shape index (κ3) is 2.93. The fourth-order valence-electron chi connectivity index (χ4n) is 2.89. The Morgan fingerprint density at radius 2 is 1.92 bits per heavy atom. The van der Waals surface area contributed by atoms with E-state index < -0.39 is 0 Å². The Bertz CT molecular complexity index is 916. The van der Waals surface area contributed by atoms with Gasteiger partial charge in [0.25, 0.3) is 5.56 Å². The first-order chi connectivity index (χ1) is 11.8. The molecule has 0 saturated carbocycles. The maximum Gasteiger partial charge on any atom is 0.257 e. The Balaban J connectivity index is 1.60. The normalized spacial score (nSPS) is 14.8. The summed E-state index contributed by atoms with van der Waals surface area (Å²) in [6.07, 6.45) is 5.01. The minimum atomic E-state index is -0.134. The predicted octanol–water partition coefficient (Wildman–Crippen LogP) is 1.47. The van der Waals surface area contributed by atoms with E-state index in [9.17, 15) is 4.79 Å². The minimum absolute atomic E-state index is 0.134. The maximum atomic E-state index is 11.7. The van der Waals surface area contributed by atoms with E-state index in [1.807, 2.05) is 24.3 Å². The molecule has 3 aromatic rings. The number of anilines is 3. The van der Waals surface area contributed by atoms with Gasteiger partial charge < -0.3 is 20.5 Å². The summed E-state index contributed by atoms with van der Waals surface area (Å²) >= 11 is 0. The highest BCUT2D eigenvalue weighted by molar-refractivity contribution is 5.83. The van der Waals surface area contributed by atoms with Crippen LogP contribution in [0.3, 0.4) is 0 Å². The van der Waals surface area contributed by atoms with Gasteiger partial charge in [-0.3, -0.25) is 4.79 Å². The van der Waals surface area contributed by atoms with Crippen molar-refractivity contribution in [2.75, 3.05) is 36.4 Å². The van der Waals surface area contributed by atoms with Gasteiger partial charge in [0, 0.05) is 56.5 Å². The molecule has 1 aliphatic heterocycles. The largest absolute Gasteiger partial charge is 0.369 e. The van der Waals surface area contributed by atoms with Crippen LogP contribution in [0.2, 0.25) is 0 Å². The molecule has 0 aliphatic carbocycles. The number of rotatable bonds is 3. The molecule has 0 atom stereocenters. The molecule has 0 unspecified atom stereocenters. The summed E-state index contributed by atoms with van der Waals surface area (Å²) in [5.41, 5.74) is 1.01. The lowest BCUT2D eigenvalue weighted by atomic mass is 10.2. The number of H-pyrrole nitrogens is 1. The molecule has 7 heteroatoms. The summed E-state index contributed by atoms with van der Waals surface area (Å²) in [5.74, 6) is 1.40. The van der Waals surface area contributed by atoms with E-state index in [4.69, 9.17) is 0 Å². The molecule has 1 aliphatic rings. The lowest BCUT2D eigenvalue weighted by Gasteiger charge is -2.29. The second-order valence-corrected chi connectivity index (χ2v) is 5.72. The molecular weight excluding hydrogens is 304 g/mol. The number of aromatic nitrogens is 3. The van der Waals surface area contributed by atoms with Crippen molar-refractivity contribution in [1.82, 2.24) is 20.3 Å². The van der Waals surface area contributed by atoms with Crippen molar-refractivity contribution in [2.45, 2.75) is 0 Å². The molecule has 0 bridgehead atoms. The first-order valence-corrected chi connectivity index (χ1v) is 7.96. The molecule has 7 nitrogen and oxygen atoms in total. The molecule has 0 spiro atoms. The van der Waals surface area contributed by atoms with Crippen LogP contribution in [0.1, 0.15) is 0 Å². The van der Waals surface area contributed by atoms with Crippen molar-refractivity contribution >= 4 is 28.1 Å². The van der Waals surface area contributed by atoms with Crippen molar-refractivity contribution in [3.8, 4) is 0 Å². The van der Waals surface area contributed by atoms with Crippen LogP contribution in [0.25, 0.3) is 10.8 Å². The van der Waals surface area contributed by atoms with Crippen molar-refractivity contribution < 1.29 is 0 Å². The highest BCUT2D eigenvalue weighted by Gasteiger charge is 2.11. The van der Waals surface area contributed by atoms with Crippen molar-refractivity contribution in [2.24, 2.45) is 0 Å². The van der Waals surface area contributed by atoms with E-state index in [2.05, 4.69) is 30.5 Å². The molecule has 4 heterocycles. The van der Waals surface area contributed by atoms with Crippen LogP contribution in [0.4, 0.5) is 17.3 Å². The highest BCUT2D eigenvalue weighted by Crippen LogP contribution is 2.21. The minimum Gasteiger partial charge on any atom is -0.369 e. The Hall–Kier alpha value is -2.93. The zero-order valence-electron chi connectivity index (χ0n) is 13.1. The van der Waals surface area contributed by atoms with Gasteiger partial charge in [-0.25, -0.2) is 9.97 Å². The number of hydrogen-bond acceptors (Lipinski definition) is 6. The van der Waals surface area contributed by atoms with Gasteiger partial charge in [0.15, 0.2) is 0 Å². The van der Waals surface area contributed by atoms with Gasteiger partial charge in [0.05, 0.1) is 5.39 Å². The van der Waals surface area contributed by atoms with E-state index in [-0.39, 0.29) is 5.56 Å². The quantitative estimate of drug-likeness (QED) is 0.677. The summed E-state index contributed by atoms with van der Waals surface area (Å²) in [6, 6.07) is 7.75. The Morgan fingerprint density at radius 3 is 2.79 bits per heavy atom. The fourth-order valence-corrected chi connectivity index (χ4v) is 2.89. The highest BCUT2D eigenvalue weighted by atomic mass is 16.1. The van der Waals surface area contributed by atoms with Crippen LogP contribution in [0.15, 0.2) is 47.7 Å². The second kappa shape index (κ2) is 6.29. The molecule has 122 valence electrons. The van der Waals surface area contributed by atoms with E-state index in [1.165, 1.54) is 0 Å². The number of fused-ring (bicyclic) bond motifs is 1. The van der Waals surface area contributed by atoms with Crippen LogP contribution in [-0.2, 0) is 0 Å². The molecule has 1 fully saturated rings. The molecule has 0 aromatic carbocycles. The Kier molecular flexibility index (Phi) is 3.84. The standard InChI is InChI=1S/C17H18N6O/c24-17-14-11-21-15(9-12(14)1-3-20-17)22-16-10-13(2-4-19-16)23-7-5-18-6-8-23/h1-4,9-11,18H,5-8H2,(H,20,24)(H,19,21,22). The Labute approximate surface area is 138 Å². The zero-order chi connectivity index (χ0) is 16.4. The van der Waals surface area contributed by atoms with Gasteiger partial charge in [-0.2, -0.15) is 0 Å². The fraction of sp³-hybridized carbons (Fsp3) is 0.235. The number of piperazine rings is 1. The smallest absolute Gasteiger partial charge is 0.257 e. The number of aromatic amines is 1. The third-order valence-electron chi connectivity index (χ3n) is 4.14. The third-order valence-corrected chi connectivity index (χ3v) is 4.14. The molecule has 3 aromatic heterocycles. The topological polar surface area (TPSA) is 85.9 Å². The SMILES string of the molecule is O=c1[nH]ccc2cc(Nc3cc(N4CCNCC4)ccn3)ncc12. The monoisotopic (exact) mass is 322 g/mol. The van der Waals surface area contributed by atoms with Crippen LogP contribution >= 0.6 is 0 Å². The van der Waals surface area contributed by atoms with Gasteiger partial charge in [-0.05, 0) is 23.6 Å². The number of pyridine rings is 3. The first-order valence-electron chi connectivity index (χ1n) is 7.96. The van der Waals surface area contributed by atoms with Gasteiger partial charge in [-0.15, -0.1) is 0 Å². The van der Waals surface area contributed by atoms with Crippen LogP contribution in [-0.4, -0.2) is 41.1 Å². The lowest BCUT2D eigenvalue weighted by Crippen LogP contribution is -2.43. The number of nitrogens with one attached hydrogen (secondary N) is 3. The maximum absolute atomic E-state index is 11.7. The van der Waals surface area contributed by atoms with E-state index >= 15 is 0 Å². The van der Waals surface area contributed by atoms with Gasteiger partial charge in [0.1, 0.15) is 11.6 Å². The molecule has 0 amide bonds. The summed E-state index contributed by atoms with van der Waals surface area (Å²) in [7, 11) is 0. The first kappa shape index (κ1) is 14.6. The van der Waals surface area contributed by atoms with E-state index in [0.29, 0.717) is 11.2 Å².